The van der Waals surface area contributed by atoms with Gasteiger partial charge in [-0.05, 0) is 80.6 Å². The molecule has 1 N–H and O–H groups in total. The zero-order valence-electron chi connectivity index (χ0n) is 10.7. The van der Waals surface area contributed by atoms with Gasteiger partial charge in [-0.25, -0.2) is 0 Å². The molecular formula is C14H16Br2N2S. The summed E-state index contributed by atoms with van der Waals surface area (Å²) in [4.78, 5) is 4.07. The number of hydrogen-bond acceptors (Lipinski definition) is 3. The third kappa shape index (κ3) is 4.38. The molecule has 102 valence electrons. The SMILES string of the molecule is CCCNC(Cc1ccncc1)c1cc(Br)sc1Br. The summed E-state index contributed by atoms with van der Waals surface area (Å²) in [5.74, 6) is 0. The zero-order valence-corrected chi connectivity index (χ0v) is 14.7. The first-order chi connectivity index (χ1) is 9.20. The number of thiophene rings is 1. The molecule has 2 heterocycles. The summed E-state index contributed by atoms with van der Waals surface area (Å²) >= 11 is 8.94. The summed E-state index contributed by atoms with van der Waals surface area (Å²) in [6.07, 6.45) is 5.82. The van der Waals surface area contributed by atoms with E-state index in [9.17, 15) is 0 Å². The summed E-state index contributed by atoms with van der Waals surface area (Å²) in [6.45, 7) is 3.21. The fourth-order valence-electron chi connectivity index (χ4n) is 1.96. The van der Waals surface area contributed by atoms with E-state index in [-0.39, 0.29) is 0 Å². The lowest BCUT2D eigenvalue weighted by Gasteiger charge is -2.18. The van der Waals surface area contributed by atoms with Crippen LogP contribution in [0.1, 0.15) is 30.5 Å². The smallest absolute Gasteiger partial charge is 0.0758 e. The highest BCUT2D eigenvalue weighted by Crippen LogP contribution is 2.36. The van der Waals surface area contributed by atoms with E-state index in [4.69, 9.17) is 0 Å². The fraction of sp³-hybridized carbons (Fsp3) is 0.357. The second-order valence-corrected chi connectivity index (χ2v) is 8.10. The third-order valence-electron chi connectivity index (χ3n) is 2.89. The van der Waals surface area contributed by atoms with Gasteiger partial charge in [0.25, 0.3) is 0 Å². The maximum atomic E-state index is 4.07. The van der Waals surface area contributed by atoms with E-state index < -0.39 is 0 Å². The molecule has 0 aliphatic rings. The third-order valence-corrected chi connectivity index (χ3v) is 5.27. The highest BCUT2D eigenvalue weighted by atomic mass is 79.9. The Morgan fingerprint density at radius 1 is 1.32 bits per heavy atom. The van der Waals surface area contributed by atoms with Gasteiger partial charge in [0, 0.05) is 18.4 Å². The summed E-state index contributed by atoms with van der Waals surface area (Å²) in [6, 6.07) is 6.69. The molecule has 1 atom stereocenters. The van der Waals surface area contributed by atoms with Crippen LogP contribution in [0.15, 0.2) is 38.2 Å². The second kappa shape index (κ2) is 7.53. The Balaban J connectivity index is 2.18. The van der Waals surface area contributed by atoms with Gasteiger partial charge in [-0.15, -0.1) is 11.3 Å². The predicted octanol–water partition coefficient (Wildman–Crippen LogP) is 4.95. The van der Waals surface area contributed by atoms with Crippen molar-refractivity contribution in [2.75, 3.05) is 6.54 Å². The molecule has 19 heavy (non-hydrogen) atoms. The van der Waals surface area contributed by atoms with Gasteiger partial charge >= 0.3 is 0 Å². The molecule has 0 bridgehead atoms. The van der Waals surface area contributed by atoms with E-state index in [1.54, 1.807) is 11.3 Å². The first-order valence-corrected chi connectivity index (χ1v) is 8.68. The Bertz CT molecular complexity index is 513. The average Bonchev–Trinajstić information content (AvgIpc) is 2.75. The lowest BCUT2D eigenvalue weighted by molar-refractivity contribution is 0.529. The first-order valence-electron chi connectivity index (χ1n) is 6.27. The lowest BCUT2D eigenvalue weighted by atomic mass is 10.0. The molecule has 0 fully saturated rings. The minimum absolute atomic E-state index is 0.333. The van der Waals surface area contributed by atoms with Crippen LogP contribution >= 0.6 is 43.2 Å². The van der Waals surface area contributed by atoms with Crippen LogP contribution in [0.4, 0.5) is 0 Å². The van der Waals surface area contributed by atoms with Crippen molar-refractivity contribution in [3.05, 3.63) is 49.3 Å². The van der Waals surface area contributed by atoms with Crippen molar-refractivity contribution in [3.63, 3.8) is 0 Å². The van der Waals surface area contributed by atoms with Crippen molar-refractivity contribution in [1.29, 1.82) is 0 Å². The highest BCUT2D eigenvalue weighted by molar-refractivity contribution is 9.12. The fourth-order valence-corrected chi connectivity index (χ4v) is 4.93. The van der Waals surface area contributed by atoms with Gasteiger partial charge < -0.3 is 5.32 Å². The summed E-state index contributed by atoms with van der Waals surface area (Å²) in [5.41, 5.74) is 2.62. The average molecular weight is 404 g/mol. The second-order valence-electron chi connectivity index (χ2n) is 4.35. The molecule has 2 aromatic heterocycles. The molecule has 0 spiro atoms. The highest BCUT2D eigenvalue weighted by Gasteiger charge is 2.17. The molecule has 2 nitrogen and oxygen atoms in total. The van der Waals surface area contributed by atoms with Gasteiger partial charge in [-0.3, -0.25) is 4.98 Å². The van der Waals surface area contributed by atoms with Crippen molar-refractivity contribution in [2.24, 2.45) is 0 Å². The lowest BCUT2D eigenvalue weighted by Crippen LogP contribution is -2.24. The van der Waals surface area contributed by atoms with Crippen LogP contribution < -0.4 is 5.32 Å². The molecule has 0 aliphatic carbocycles. The van der Waals surface area contributed by atoms with Gasteiger partial charge in [0.2, 0.25) is 0 Å². The van der Waals surface area contributed by atoms with Crippen LogP contribution in [0, 0.1) is 0 Å². The monoisotopic (exact) mass is 402 g/mol. The van der Waals surface area contributed by atoms with Crippen LogP contribution in [0.2, 0.25) is 0 Å². The van der Waals surface area contributed by atoms with Crippen LogP contribution in [-0.2, 0) is 6.42 Å². The van der Waals surface area contributed by atoms with Crippen molar-refractivity contribution in [2.45, 2.75) is 25.8 Å². The first kappa shape index (κ1) is 15.2. The number of halogens is 2. The van der Waals surface area contributed by atoms with Crippen molar-refractivity contribution >= 4 is 43.2 Å². The standard InChI is InChI=1S/C14H16Br2N2S/c1-2-5-18-12(8-10-3-6-17-7-4-10)11-9-13(15)19-14(11)16/h3-4,6-7,9,12,18H,2,5,8H2,1H3. The molecule has 1 unspecified atom stereocenters. The number of nitrogens with zero attached hydrogens (tertiary/aromatic N) is 1. The van der Waals surface area contributed by atoms with E-state index in [2.05, 4.69) is 67.3 Å². The Morgan fingerprint density at radius 2 is 2.05 bits per heavy atom. The molecule has 0 radical (unpaired) electrons. The summed E-state index contributed by atoms with van der Waals surface area (Å²) in [5, 5.41) is 3.62. The van der Waals surface area contributed by atoms with Gasteiger partial charge in [0.05, 0.1) is 7.57 Å². The quantitative estimate of drug-likeness (QED) is 0.737. The normalized spacial score (nSPS) is 12.6. The van der Waals surface area contributed by atoms with E-state index in [1.807, 2.05) is 12.4 Å². The van der Waals surface area contributed by atoms with Crippen LogP contribution in [0.5, 0.6) is 0 Å². The number of aromatic nitrogens is 1. The van der Waals surface area contributed by atoms with Crippen LogP contribution in [0.25, 0.3) is 0 Å². The van der Waals surface area contributed by atoms with E-state index in [0.717, 1.165) is 23.2 Å². The van der Waals surface area contributed by atoms with Gasteiger partial charge in [0.1, 0.15) is 0 Å². The largest absolute Gasteiger partial charge is 0.310 e. The topological polar surface area (TPSA) is 24.9 Å². The zero-order chi connectivity index (χ0) is 13.7. The molecule has 2 rings (SSSR count). The molecule has 5 heteroatoms. The van der Waals surface area contributed by atoms with Crippen molar-refractivity contribution in [3.8, 4) is 0 Å². The van der Waals surface area contributed by atoms with E-state index in [1.165, 1.54) is 14.9 Å². The molecular weight excluding hydrogens is 388 g/mol. The number of pyridine rings is 1. The predicted molar refractivity (Wildman–Crippen MR) is 88.7 cm³/mol. The van der Waals surface area contributed by atoms with Gasteiger partial charge in [0.15, 0.2) is 0 Å². The molecule has 0 amide bonds. The number of hydrogen-bond donors (Lipinski definition) is 1. The molecule has 0 aromatic carbocycles. The van der Waals surface area contributed by atoms with E-state index in [0.29, 0.717) is 6.04 Å². The molecule has 0 saturated carbocycles. The molecule has 2 aromatic rings. The number of rotatable bonds is 6. The van der Waals surface area contributed by atoms with Gasteiger partial charge in [-0.2, -0.15) is 0 Å². The van der Waals surface area contributed by atoms with Crippen molar-refractivity contribution in [1.82, 2.24) is 10.3 Å². The summed E-state index contributed by atoms with van der Waals surface area (Å²) in [7, 11) is 0. The van der Waals surface area contributed by atoms with E-state index >= 15 is 0 Å². The Morgan fingerprint density at radius 3 is 2.63 bits per heavy atom. The van der Waals surface area contributed by atoms with Crippen LogP contribution in [0.3, 0.4) is 0 Å². The van der Waals surface area contributed by atoms with Gasteiger partial charge in [-0.1, -0.05) is 6.92 Å². The van der Waals surface area contributed by atoms with Crippen LogP contribution in [-0.4, -0.2) is 11.5 Å². The molecule has 0 saturated heterocycles. The molecule has 0 aliphatic heterocycles. The maximum Gasteiger partial charge on any atom is 0.0758 e. The summed E-state index contributed by atoms with van der Waals surface area (Å²) < 4.78 is 2.36. The Kier molecular flexibility index (Phi) is 6.01. The minimum atomic E-state index is 0.333. The Hall–Kier alpha value is -0.230. The maximum absolute atomic E-state index is 4.07. The Labute approximate surface area is 134 Å². The number of nitrogens with one attached hydrogen (secondary N) is 1. The van der Waals surface area contributed by atoms with Crippen molar-refractivity contribution < 1.29 is 0 Å². The minimum Gasteiger partial charge on any atom is -0.310 e.